The van der Waals surface area contributed by atoms with Crippen LogP contribution in [0, 0.1) is 5.92 Å². The van der Waals surface area contributed by atoms with Crippen LogP contribution < -0.4 is 5.73 Å². The Morgan fingerprint density at radius 3 is 2.55 bits per heavy atom. The third kappa shape index (κ3) is 7.62. The van der Waals surface area contributed by atoms with Gasteiger partial charge >= 0.3 is 5.97 Å². The monoisotopic (exact) mass is 181 g/mol. The van der Waals surface area contributed by atoms with E-state index in [2.05, 4.69) is 4.74 Å². The molecule has 68 valence electrons. The second-order valence-electron chi connectivity index (χ2n) is 2.46. The lowest BCUT2D eigenvalue weighted by molar-refractivity contribution is -0.140. The predicted octanol–water partition coefficient (Wildman–Crippen LogP) is 0.956. The zero-order valence-electron chi connectivity index (χ0n) is 7.00. The van der Waals surface area contributed by atoms with Crippen LogP contribution >= 0.6 is 12.4 Å². The lowest BCUT2D eigenvalue weighted by atomic mass is 10.1. The first-order valence-corrected chi connectivity index (χ1v) is 3.47. The molecule has 0 aromatic heterocycles. The Kier molecular flexibility index (Phi) is 9.47. The number of methoxy groups -OCH3 is 1. The molecule has 0 saturated carbocycles. The fraction of sp³-hybridized carbons (Fsp3) is 0.857. The summed E-state index contributed by atoms with van der Waals surface area (Å²) in [6.07, 6.45) is 1.30. The Hall–Kier alpha value is -0.280. The molecule has 4 heteroatoms. The van der Waals surface area contributed by atoms with Crippen LogP contribution in [0.1, 0.15) is 19.8 Å². The molecular weight excluding hydrogens is 166 g/mol. The second kappa shape index (κ2) is 7.82. The highest BCUT2D eigenvalue weighted by Gasteiger charge is 2.03. The summed E-state index contributed by atoms with van der Waals surface area (Å²) < 4.78 is 4.47. The molecule has 0 aromatic rings. The average Bonchev–Trinajstić information content (AvgIpc) is 1.99. The van der Waals surface area contributed by atoms with E-state index in [4.69, 9.17) is 5.73 Å². The SMILES string of the molecule is COC(=O)CC[C@@H](C)CN.Cl. The second-order valence-corrected chi connectivity index (χ2v) is 2.46. The predicted molar refractivity (Wildman–Crippen MR) is 46.7 cm³/mol. The molecule has 1 atom stereocenters. The maximum atomic E-state index is 10.6. The van der Waals surface area contributed by atoms with Gasteiger partial charge in [-0.05, 0) is 18.9 Å². The van der Waals surface area contributed by atoms with Crippen molar-refractivity contribution in [3.8, 4) is 0 Å². The largest absolute Gasteiger partial charge is 0.469 e. The number of ether oxygens (including phenoxy) is 1. The molecule has 0 aliphatic rings. The number of hydrogen-bond donors (Lipinski definition) is 1. The average molecular weight is 182 g/mol. The maximum Gasteiger partial charge on any atom is 0.305 e. The maximum absolute atomic E-state index is 10.6. The Morgan fingerprint density at radius 1 is 1.64 bits per heavy atom. The van der Waals surface area contributed by atoms with Crippen molar-refractivity contribution in [2.75, 3.05) is 13.7 Å². The van der Waals surface area contributed by atoms with Gasteiger partial charge in [-0.2, -0.15) is 0 Å². The number of carbonyl (C=O) groups is 1. The molecule has 0 amide bonds. The van der Waals surface area contributed by atoms with Crippen molar-refractivity contribution in [2.24, 2.45) is 11.7 Å². The van der Waals surface area contributed by atoms with Crippen LogP contribution in [0.25, 0.3) is 0 Å². The molecule has 0 saturated heterocycles. The van der Waals surface area contributed by atoms with E-state index >= 15 is 0 Å². The standard InChI is InChI=1S/C7H15NO2.ClH/c1-6(5-8)3-4-7(9)10-2;/h6H,3-5,8H2,1-2H3;1H/t6-;/m1./s1. The smallest absolute Gasteiger partial charge is 0.305 e. The van der Waals surface area contributed by atoms with Crippen molar-refractivity contribution in [3.05, 3.63) is 0 Å². The highest BCUT2D eigenvalue weighted by atomic mass is 35.5. The van der Waals surface area contributed by atoms with Gasteiger partial charge in [0.2, 0.25) is 0 Å². The molecule has 0 rings (SSSR count). The van der Waals surface area contributed by atoms with Crippen molar-refractivity contribution in [1.29, 1.82) is 0 Å². The summed E-state index contributed by atoms with van der Waals surface area (Å²) in [5, 5.41) is 0. The van der Waals surface area contributed by atoms with E-state index in [1.54, 1.807) is 0 Å². The van der Waals surface area contributed by atoms with Crippen molar-refractivity contribution in [3.63, 3.8) is 0 Å². The molecule has 0 heterocycles. The van der Waals surface area contributed by atoms with Crippen molar-refractivity contribution in [2.45, 2.75) is 19.8 Å². The van der Waals surface area contributed by atoms with E-state index < -0.39 is 0 Å². The van der Waals surface area contributed by atoms with Crippen LogP contribution in [0.15, 0.2) is 0 Å². The van der Waals surface area contributed by atoms with Gasteiger partial charge in [0.1, 0.15) is 0 Å². The topological polar surface area (TPSA) is 52.3 Å². The molecule has 0 aliphatic carbocycles. The molecule has 0 unspecified atom stereocenters. The number of nitrogens with two attached hydrogens (primary N) is 1. The van der Waals surface area contributed by atoms with Crippen LogP contribution in [0.3, 0.4) is 0 Å². The number of halogens is 1. The summed E-state index contributed by atoms with van der Waals surface area (Å²) in [4.78, 5) is 10.6. The lowest BCUT2D eigenvalue weighted by Crippen LogP contribution is -2.12. The zero-order chi connectivity index (χ0) is 7.98. The zero-order valence-corrected chi connectivity index (χ0v) is 7.82. The van der Waals surface area contributed by atoms with Gasteiger partial charge in [0.05, 0.1) is 7.11 Å². The van der Waals surface area contributed by atoms with Crippen molar-refractivity contribution < 1.29 is 9.53 Å². The van der Waals surface area contributed by atoms with E-state index in [1.807, 2.05) is 6.92 Å². The first-order valence-electron chi connectivity index (χ1n) is 3.47. The Bertz CT molecular complexity index is 109. The van der Waals surface area contributed by atoms with Crippen LogP contribution in [0.2, 0.25) is 0 Å². The van der Waals surface area contributed by atoms with E-state index in [0.717, 1.165) is 6.42 Å². The number of hydrogen-bond acceptors (Lipinski definition) is 3. The quantitative estimate of drug-likeness (QED) is 0.658. The summed E-state index contributed by atoms with van der Waals surface area (Å²) in [6, 6.07) is 0. The highest BCUT2D eigenvalue weighted by molar-refractivity contribution is 5.85. The van der Waals surface area contributed by atoms with Gasteiger partial charge in [0.15, 0.2) is 0 Å². The van der Waals surface area contributed by atoms with Gasteiger partial charge in [-0.3, -0.25) is 4.79 Å². The van der Waals surface area contributed by atoms with Gasteiger partial charge in [-0.25, -0.2) is 0 Å². The summed E-state index contributed by atoms with van der Waals surface area (Å²) in [7, 11) is 1.40. The molecule has 0 radical (unpaired) electrons. The Labute approximate surface area is 73.7 Å². The first kappa shape index (κ1) is 13.3. The number of carbonyl (C=O) groups excluding carboxylic acids is 1. The molecule has 3 nitrogen and oxygen atoms in total. The molecule has 11 heavy (non-hydrogen) atoms. The summed E-state index contributed by atoms with van der Waals surface area (Å²) >= 11 is 0. The molecule has 0 aliphatic heterocycles. The first-order chi connectivity index (χ1) is 4.70. The minimum Gasteiger partial charge on any atom is -0.469 e. The Morgan fingerprint density at radius 2 is 2.18 bits per heavy atom. The van der Waals surface area contributed by atoms with E-state index in [9.17, 15) is 4.79 Å². The molecule has 0 spiro atoms. The molecule has 0 fully saturated rings. The molecule has 0 bridgehead atoms. The molecule has 0 aromatic carbocycles. The van der Waals surface area contributed by atoms with Crippen molar-refractivity contribution >= 4 is 18.4 Å². The normalized spacial score (nSPS) is 11.5. The van der Waals surface area contributed by atoms with Crippen LogP contribution in [0.5, 0.6) is 0 Å². The van der Waals surface area contributed by atoms with Gasteiger partial charge in [-0.1, -0.05) is 6.92 Å². The third-order valence-electron chi connectivity index (χ3n) is 1.47. The van der Waals surface area contributed by atoms with Crippen LogP contribution in [-0.4, -0.2) is 19.6 Å². The third-order valence-corrected chi connectivity index (χ3v) is 1.47. The number of rotatable bonds is 4. The minimum atomic E-state index is -0.153. The summed E-state index contributed by atoms with van der Waals surface area (Å²) in [6.45, 7) is 2.65. The number of esters is 1. The van der Waals surface area contributed by atoms with E-state index in [1.165, 1.54) is 7.11 Å². The Balaban J connectivity index is 0. The van der Waals surface area contributed by atoms with Gasteiger partial charge < -0.3 is 10.5 Å². The fourth-order valence-corrected chi connectivity index (χ4v) is 0.584. The summed E-state index contributed by atoms with van der Waals surface area (Å²) in [5.74, 6) is 0.263. The van der Waals surface area contributed by atoms with Crippen LogP contribution in [-0.2, 0) is 9.53 Å². The van der Waals surface area contributed by atoms with Crippen molar-refractivity contribution in [1.82, 2.24) is 0 Å². The fourth-order valence-electron chi connectivity index (χ4n) is 0.584. The minimum absolute atomic E-state index is 0. The molecular formula is C7H16ClNO2. The summed E-state index contributed by atoms with van der Waals surface area (Å²) in [5.41, 5.74) is 5.35. The van der Waals surface area contributed by atoms with E-state index in [0.29, 0.717) is 18.9 Å². The molecule has 2 N–H and O–H groups in total. The highest BCUT2D eigenvalue weighted by Crippen LogP contribution is 2.03. The lowest BCUT2D eigenvalue weighted by Gasteiger charge is -2.05. The van der Waals surface area contributed by atoms with E-state index in [-0.39, 0.29) is 18.4 Å². The van der Waals surface area contributed by atoms with Crippen LogP contribution in [0.4, 0.5) is 0 Å². The van der Waals surface area contributed by atoms with Gasteiger partial charge in [0.25, 0.3) is 0 Å². The van der Waals surface area contributed by atoms with Gasteiger partial charge in [0, 0.05) is 6.42 Å². The van der Waals surface area contributed by atoms with Gasteiger partial charge in [-0.15, -0.1) is 12.4 Å².